The molecule has 23 heavy (non-hydrogen) atoms. The molecule has 1 aromatic carbocycles. The molecule has 3 aromatic rings. The number of rotatable bonds is 3. The van der Waals surface area contributed by atoms with E-state index in [1.165, 1.54) is 10.4 Å². The highest BCUT2D eigenvalue weighted by molar-refractivity contribution is 7.10. The van der Waals surface area contributed by atoms with E-state index in [-0.39, 0.29) is 6.10 Å². The molecule has 0 aliphatic carbocycles. The molecule has 6 heteroatoms. The van der Waals surface area contributed by atoms with E-state index in [2.05, 4.69) is 33.0 Å². The standard InChI is InChI=1S/C17H14N4OS/c18-9-14-17(11-3-1-2-4-13(11)20-21-14)19-10-15-12-6-8-23-16(12)5-7-22-15/h1-4,6,8,15H,5,7,10H2,(H,19,20)/t15-/m0/s1. The molecule has 3 heterocycles. The Labute approximate surface area is 137 Å². The van der Waals surface area contributed by atoms with Crippen LogP contribution in [0, 0.1) is 11.3 Å². The Morgan fingerprint density at radius 3 is 3.13 bits per heavy atom. The highest BCUT2D eigenvalue weighted by Crippen LogP contribution is 2.32. The van der Waals surface area contributed by atoms with Gasteiger partial charge in [-0.2, -0.15) is 5.26 Å². The molecule has 0 fully saturated rings. The Morgan fingerprint density at radius 1 is 1.30 bits per heavy atom. The van der Waals surface area contributed by atoms with E-state index < -0.39 is 0 Å². The Balaban J connectivity index is 1.65. The Bertz CT molecular complexity index is 899. The van der Waals surface area contributed by atoms with Crippen molar-refractivity contribution in [3.05, 3.63) is 51.8 Å². The normalized spacial score (nSPS) is 16.7. The Kier molecular flexibility index (Phi) is 3.66. The first-order valence-electron chi connectivity index (χ1n) is 7.44. The second-order valence-corrected chi connectivity index (χ2v) is 6.34. The molecule has 0 saturated carbocycles. The van der Waals surface area contributed by atoms with Crippen molar-refractivity contribution in [3.63, 3.8) is 0 Å². The average Bonchev–Trinajstić information content (AvgIpc) is 3.08. The molecule has 1 aliphatic heterocycles. The molecule has 1 N–H and O–H groups in total. The van der Waals surface area contributed by atoms with Gasteiger partial charge in [0.05, 0.1) is 17.8 Å². The van der Waals surface area contributed by atoms with Crippen molar-refractivity contribution in [2.24, 2.45) is 0 Å². The second-order valence-electron chi connectivity index (χ2n) is 5.34. The summed E-state index contributed by atoms with van der Waals surface area (Å²) < 4.78 is 5.90. The van der Waals surface area contributed by atoms with Gasteiger partial charge in [0.2, 0.25) is 0 Å². The minimum Gasteiger partial charge on any atom is -0.379 e. The largest absolute Gasteiger partial charge is 0.379 e. The quantitative estimate of drug-likeness (QED) is 0.801. The first-order chi connectivity index (χ1) is 11.4. The topological polar surface area (TPSA) is 70.8 Å². The van der Waals surface area contributed by atoms with Gasteiger partial charge in [-0.05, 0) is 23.1 Å². The number of nitriles is 1. The van der Waals surface area contributed by atoms with E-state index in [4.69, 9.17) is 4.74 Å². The number of ether oxygens (including phenoxy) is 1. The van der Waals surface area contributed by atoms with E-state index in [0.29, 0.717) is 12.2 Å². The molecule has 4 rings (SSSR count). The predicted octanol–water partition coefficient (Wildman–Crippen LogP) is 3.29. The Hall–Kier alpha value is -2.49. The van der Waals surface area contributed by atoms with Crippen molar-refractivity contribution in [1.82, 2.24) is 10.2 Å². The monoisotopic (exact) mass is 322 g/mol. The molecular weight excluding hydrogens is 308 g/mol. The number of hydrogen-bond donors (Lipinski definition) is 1. The molecule has 0 amide bonds. The van der Waals surface area contributed by atoms with Gasteiger partial charge in [-0.3, -0.25) is 0 Å². The van der Waals surface area contributed by atoms with Gasteiger partial charge in [0.1, 0.15) is 12.2 Å². The molecule has 5 nitrogen and oxygen atoms in total. The summed E-state index contributed by atoms with van der Waals surface area (Å²) in [7, 11) is 0. The van der Waals surface area contributed by atoms with Crippen LogP contribution in [-0.4, -0.2) is 23.3 Å². The van der Waals surface area contributed by atoms with Crippen LogP contribution in [-0.2, 0) is 11.2 Å². The van der Waals surface area contributed by atoms with E-state index in [1.807, 2.05) is 24.3 Å². The van der Waals surface area contributed by atoms with Crippen LogP contribution < -0.4 is 5.32 Å². The summed E-state index contributed by atoms with van der Waals surface area (Å²) in [5.41, 5.74) is 3.06. The van der Waals surface area contributed by atoms with Crippen molar-refractivity contribution in [2.75, 3.05) is 18.5 Å². The van der Waals surface area contributed by atoms with Gasteiger partial charge in [-0.25, -0.2) is 0 Å². The average molecular weight is 322 g/mol. The minimum atomic E-state index is 0.00321. The molecule has 1 aliphatic rings. The summed E-state index contributed by atoms with van der Waals surface area (Å²) in [5.74, 6) is 0. The van der Waals surface area contributed by atoms with Crippen LogP contribution in [0.25, 0.3) is 10.9 Å². The SMILES string of the molecule is N#Cc1nnc2ccccc2c1NC[C@@H]1OCCc2sccc21. The van der Waals surface area contributed by atoms with Crippen molar-refractivity contribution in [1.29, 1.82) is 5.26 Å². The zero-order valence-corrected chi connectivity index (χ0v) is 13.1. The molecule has 1 atom stereocenters. The zero-order chi connectivity index (χ0) is 15.6. The third kappa shape index (κ3) is 2.54. The van der Waals surface area contributed by atoms with Gasteiger partial charge in [0, 0.05) is 23.2 Å². The number of hydrogen-bond acceptors (Lipinski definition) is 6. The lowest BCUT2D eigenvalue weighted by Crippen LogP contribution is -2.22. The smallest absolute Gasteiger partial charge is 0.186 e. The van der Waals surface area contributed by atoms with Crippen LogP contribution in [0.5, 0.6) is 0 Å². The third-order valence-corrected chi connectivity index (χ3v) is 5.01. The van der Waals surface area contributed by atoms with Gasteiger partial charge >= 0.3 is 0 Å². The van der Waals surface area contributed by atoms with E-state index in [9.17, 15) is 5.26 Å². The first-order valence-corrected chi connectivity index (χ1v) is 8.32. The Morgan fingerprint density at radius 2 is 2.22 bits per heavy atom. The molecule has 0 spiro atoms. The molecule has 0 unspecified atom stereocenters. The first kappa shape index (κ1) is 14.1. The van der Waals surface area contributed by atoms with Crippen molar-refractivity contribution >= 4 is 27.9 Å². The van der Waals surface area contributed by atoms with Crippen molar-refractivity contribution in [2.45, 2.75) is 12.5 Å². The maximum Gasteiger partial charge on any atom is 0.186 e. The maximum absolute atomic E-state index is 9.32. The fraction of sp³-hybridized carbons (Fsp3) is 0.235. The van der Waals surface area contributed by atoms with Gasteiger partial charge in [-0.15, -0.1) is 21.5 Å². The number of nitrogens with zero attached hydrogens (tertiary/aromatic N) is 3. The molecule has 0 radical (unpaired) electrons. The fourth-order valence-corrected chi connectivity index (χ4v) is 3.81. The predicted molar refractivity (Wildman–Crippen MR) is 89.5 cm³/mol. The summed E-state index contributed by atoms with van der Waals surface area (Å²) in [6.07, 6.45) is 0.982. The number of fused-ring (bicyclic) bond motifs is 2. The van der Waals surface area contributed by atoms with Crippen LogP contribution >= 0.6 is 11.3 Å². The van der Waals surface area contributed by atoms with E-state index >= 15 is 0 Å². The lowest BCUT2D eigenvalue weighted by atomic mass is 10.1. The maximum atomic E-state index is 9.32. The summed E-state index contributed by atoms with van der Waals surface area (Å²) in [6.45, 7) is 1.34. The molecular formula is C17H14N4OS. The lowest BCUT2D eigenvalue weighted by molar-refractivity contribution is 0.0527. The summed E-state index contributed by atoms with van der Waals surface area (Å²) in [5, 5.41) is 23.8. The van der Waals surface area contributed by atoms with Crippen LogP contribution in [0.2, 0.25) is 0 Å². The molecule has 0 saturated heterocycles. The van der Waals surface area contributed by atoms with Crippen LogP contribution in [0.15, 0.2) is 35.7 Å². The highest BCUT2D eigenvalue weighted by Gasteiger charge is 2.22. The molecule has 2 aromatic heterocycles. The van der Waals surface area contributed by atoms with Gasteiger partial charge in [0.15, 0.2) is 5.69 Å². The number of aromatic nitrogens is 2. The zero-order valence-electron chi connectivity index (χ0n) is 12.3. The van der Waals surface area contributed by atoms with E-state index in [0.717, 1.165) is 29.6 Å². The van der Waals surface area contributed by atoms with Gasteiger partial charge < -0.3 is 10.1 Å². The lowest BCUT2D eigenvalue weighted by Gasteiger charge is -2.24. The van der Waals surface area contributed by atoms with Crippen LogP contribution in [0.1, 0.15) is 22.2 Å². The summed E-state index contributed by atoms with van der Waals surface area (Å²) in [4.78, 5) is 1.39. The number of benzene rings is 1. The van der Waals surface area contributed by atoms with Crippen LogP contribution in [0.3, 0.4) is 0 Å². The number of thiophene rings is 1. The third-order valence-electron chi connectivity index (χ3n) is 4.01. The van der Waals surface area contributed by atoms with Gasteiger partial charge in [-0.1, -0.05) is 18.2 Å². The van der Waals surface area contributed by atoms with Gasteiger partial charge in [0.25, 0.3) is 0 Å². The molecule has 114 valence electrons. The van der Waals surface area contributed by atoms with Crippen LogP contribution in [0.4, 0.5) is 5.69 Å². The number of anilines is 1. The van der Waals surface area contributed by atoms with Crippen molar-refractivity contribution < 1.29 is 4.74 Å². The molecule has 0 bridgehead atoms. The summed E-state index contributed by atoms with van der Waals surface area (Å²) >= 11 is 1.78. The number of nitrogens with one attached hydrogen (secondary N) is 1. The summed E-state index contributed by atoms with van der Waals surface area (Å²) in [6, 6.07) is 11.9. The fourth-order valence-electron chi connectivity index (χ4n) is 2.90. The highest BCUT2D eigenvalue weighted by atomic mass is 32.1. The minimum absolute atomic E-state index is 0.00321. The van der Waals surface area contributed by atoms with Crippen molar-refractivity contribution in [3.8, 4) is 6.07 Å². The van der Waals surface area contributed by atoms with E-state index in [1.54, 1.807) is 11.3 Å². The second kappa shape index (κ2) is 5.95.